The van der Waals surface area contributed by atoms with Gasteiger partial charge in [-0.15, -0.1) is 6.58 Å². The maximum absolute atomic E-state index is 5.84. The molecular weight excluding hydrogens is 464 g/mol. The summed E-state index contributed by atoms with van der Waals surface area (Å²) in [5.74, 6) is 0.736. The minimum Gasteiger partial charge on any atom is -0.325 e. The average Bonchev–Trinajstić information content (AvgIpc) is 3.23. The number of nitrogens with two attached hydrogens (primary N) is 1. The molecule has 0 saturated heterocycles. The van der Waals surface area contributed by atoms with Crippen LogP contribution in [0.5, 0.6) is 0 Å². The summed E-state index contributed by atoms with van der Waals surface area (Å²) in [6, 6.07) is 1.98. The van der Waals surface area contributed by atoms with Gasteiger partial charge < -0.3 is 5.73 Å². The molecule has 2 rings (SSSR count). The van der Waals surface area contributed by atoms with Crippen LogP contribution in [0.1, 0.15) is 92.2 Å². The topological polar surface area (TPSA) is 56.2 Å². The zero-order valence-electron chi connectivity index (χ0n) is 24.8. The third kappa shape index (κ3) is 11.4. The molecule has 1 aromatic rings. The number of hydrogen-bond acceptors (Lipinski definition) is 3. The molecule has 0 radical (unpaired) electrons. The van der Waals surface area contributed by atoms with Crippen molar-refractivity contribution < 1.29 is 0 Å². The molecule has 0 bridgehead atoms. The van der Waals surface area contributed by atoms with Gasteiger partial charge in [0.1, 0.15) is 0 Å². The highest BCUT2D eigenvalue weighted by Gasteiger charge is 2.30. The fraction of sp³-hybridized carbons (Fsp3) is 0.412. The minimum absolute atomic E-state index is 0.155. The molecule has 4 nitrogen and oxygen atoms in total. The largest absolute Gasteiger partial charge is 0.325 e. The summed E-state index contributed by atoms with van der Waals surface area (Å²) in [5, 5.41) is 4.83. The highest BCUT2D eigenvalue weighted by molar-refractivity contribution is 5.78. The van der Waals surface area contributed by atoms with E-state index < -0.39 is 0 Å². The Morgan fingerprint density at radius 1 is 1.21 bits per heavy atom. The van der Waals surface area contributed by atoms with E-state index in [0.29, 0.717) is 0 Å². The van der Waals surface area contributed by atoms with Crippen molar-refractivity contribution in [2.75, 3.05) is 0 Å². The summed E-state index contributed by atoms with van der Waals surface area (Å²) in [6.07, 6.45) is 26.2. The normalized spacial score (nSPS) is 16.3. The lowest BCUT2D eigenvalue weighted by atomic mass is 9.75. The Kier molecular flexibility index (Phi) is 14.9. The van der Waals surface area contributed by atoms with Crippen molar-refractivity contribution in [3.05, 3.63) is 95.8 Å². The fourth-order valence-corrected chi connectivity index (χ4v) is 4.41. The van der Waals surface area contributed by atoms with E-state index >= 15 is 0 Å². The van der Waals surface area contributed by atoms with Crippen molar-refractivity contribution in [1.29, 1.82) is 0 Å². The molecule has 38 heavy (non-hydrogen) atoms. The summed E-state index contributed by atoms with van der Waals surface area (Å²) in [7, 11) is 0. The smallest absolute Gasteiger partial charge is 0.154 e. The van der Waals surface area contributed by atoms with Gasteiger partial charge >= 0.3 is 0 Å². The van der Waals surface area contributed by atoms with Crippen molar-refractivity contribution in [1.82, 2.24) is 9.78 Å². The van der Waals surface area contributed by atoms with Gasteiger partial charge in [0.15, 0.2) is 5.82 Å². The van der Waals surface area contributed by atoms with Crippen LogP contribution in [0.2, 0.25) is 0 Å². The Hall–Kier alpha value is -3.24. The summed E-state index contributed by atoms with van der Waals surface area (Å²) in [6.45, 7) is 23.8. The lowest BCUT2D eigenvalue weighted by molar-refractivity contribution is 0.252. The molecule has 0 aromatic carbocycles. The van der Waals surface area contributed by atoms with Gasteiger partial charge in [0.25, 0.3) is 0 Å². The van der Waals surface area contributed by atoms with Gasteiger partial charge in [0.2, 0.25) is 0 Å². The van der Waals surface area contributed by atoms with E-state index in [2.05, 4.69) is 82.2 Å². The highest BCUT2D eigenvalue weighted by Crippen LogP contribution is 2.32. The van der Waals surface area contributed by atoms with Crippen LogP contribution in [0.4, 0.5) is 5.82 Å². The highest BCUT2D eigenvalue weighted by atomic mass is 15.3. The summed E-state index contributed by atoms with van der Waals surface area (Å²) in [4.78, 5) is 4.20. The van der Waals surface area contributed by atoms with Crippen LogP contribution in [-0.2, 0) is 0 Å². The standard InChI is InChI=1S/C27H37N3.C7H13N/c1-9-12-13-14-16-24(18-22(6)15-10-2)20-30-27(28-8)19-26(29-30)25(11-3)23(7)17-21(4)5;1-2-4-7(8)5-3-6-7/h9,11-15,17,19-20H,4,8,10,16,18H2,1-3,5-7H3;2H,1,3-6,8H2/b12-9-,14-13-,22-15+,23-17-,24-20-,25-11-;. The van der Waals surface area contributed by atoms with Gasteiger partial charge in [-0.25, -0.2) is 9.67 Å². The van der Waals surface area contributed by atoms with E-state index in [-0.39, 0.29) is 5.54 Å². The van der Waals surface area contributed by atoms with Gasteiger partial charge in [0.05, 0.1) is 5.69 Å². The maximum atomic E-state index is 5.84. The van der Waals surface area contributed by atoms with Gasteiger partial charge in [-0.05, 0) is 97.4 Å². The molecule has 1 heterocycles. The molecule has 1 aliphatic carbocycles. The predicted octanol–water partition coefficient (Wildman–Crippen LogP) is 9.69. The zero-order valence-corrected chi connectivity index (χ0v) is 24.8. The molecule has 0 atom stereocenters. The SMILES string of the molecule is C=CCC1(N)CCC1.C=Nc1cc(C(=C\C)/C(C)=C\C(=C)C)nn1/C=C(/C/C=C\C=C/C)C/C(C)=C/CC. The van der Waals surface area contributed by atoms with Crippen molar-refractivity contribution in [3.63, 3.8) is 0 Å². The monoisotopic (exact) mass is 514 g/mol. The van der Waals surface area contributed by atoms with Crippen LogP contribution in [0.15, 0.2) is 95.1 Å². The lowest BCUT2D eigenvalue weighted by Crippen LogP contribution is -2.45. The quantitative estimate of drug-likeness (QED) is 0.162. The Bertz CT molecular complexity index is 1110. The predicted molar refractivity (Wildman–Crippen MR) is 171 cm³/mol. The van der Waals surface area contributed by atoms with Gasteiger partial charge in [-0.1, -0.05) is 73.3 Å². The second kappa shape index (κ2) is 17.3. The number of aromatic nitrogens is 2. The molecular formula is C34H50N4. The summed E-state index contributed by atoms with van der Waals surface area (Å²) < 4.78 is 1.85. The first-order chi connectivity index (χ1) is 18.1. The number of aliphatic imine (C=N–C) groups is 1. The number of hydrogen-bond donors (Lipinski definition) is 1. The first-order valence-electron chi connectivity index (χ1n) is 13.7. The Labute approximate surface area is 232 Å². The lowest BCUT2D eigenvalue weighted by Gasteiger charge is -2.37. The molecule has 4 heteroatoms. The van der Waals surface area contributed by atoms with Crippen molar-refractivity contribution in [3.8, 4) is 0 Å². The van der Waals surface area contributed by atoms with E-state index in [9.17, 15) is 0 Å². The van der Waals surface area contributed by atoms with Crippen LogP contribution in [0.25, 0.3) is 11.8 Å². The number of rotatable bonds is 13. The van der Waals surface area contributed by atoms with E-state index in [1.54, 1.807) is 0 Å². The van der Waals surface area contributed by atoms with Crippen molar-refractivity contribution in [2.45, 2.75) is 92.0 Å². The fourth-order valence-electron chi connectivity index (χ4n) is 4.41. The molecule has 0 spiro atoms. The molecule has 0 unspecified atom stereocenters. The Balaban J connectivity index is 0.000000763. The molecule has 1 aliphatic rings. The van der Waals surface area contributed by atoms with Gasteiger partial charge in [-0.2, -0.15) is 5.10 Å². The second-order valence-corrected chi connectivity index (χ2v) is 10.2. The van der Waals surface area contributed by atoms with Crippen molar-refractivity contribution in [2.24, 2.45) is 10.7 Å². The van der Waals surface area contributed by atoms with Crippen LogP contribution in [0.3, 0.4) is 0 Å². The average molecular weight is 515 g/mol. The molecule has 0 amide bonds. The van der Waals surface area contributed by atoms with E-state index in [0.717, 1.165) is 53.9 Å². The van der Waals surface area contributed by atoms with Gasteiger partial charge in [-0.3, -0.25) is 0 Å². The third-order valence-corrected chi connectivity index (χ3v) is 6.41. The van der Waals surface area contributed by atoms with E-state index in [4.69, 9.17) is 10.8 Å². The molecule has 1 saturated carbocycles. The van der Waals surface area contributed by atoms with Crippen LogP contribution in [-0.4, -0.2) is 22.0 Å². The Morgan fingerprint density at radius 2 is 1.92 bits per heavy atom. The Morgan fingerprint density at radius 3 is 2.39 bits per heavy atom. The number of allylic oxidation sites excluding steroid dienone is 12. The molecule has 1 aromatic heterocycles. The second-order valence-electron chi connectivity index (χ2n) is 10.2. The first-order valence-corrected chi connectivity index (χ1v) is 13.7. The number of nitrogens with zero attached hydrogens (tertiary/aromatic N) is 3. The van der Waals surface area contributed by atoms with Crippen LogP contribution in [0, 0.1) is 0 Å². The first kappa shape index (κ1) is 32.8. The van der Waals surface area contributed by atoms with Crippen molar-refractivity contribution >= 4 is 24.3 Å². The molecule has 206 valence electrons. The zero-order chi connectivity index (χ0) is 28.6. The third-order valence-electron chi connectivity index (χ3n) is 6.41. The van der Waals surface area contributed by atoms with Crippen LogP contribution >= 0.6 is 0 Å². The molecule has 0 aliphatic heterocycles. The molecule has 2 N–H and O–H groups in total. The summed E-state index contributed by atoms with van der Waals surface area (Å²) >= 11 is 0. The van der Waals surface area contributed by atoms with Crippen LogP contribution < -0.4 is 5.73 Å². The maximum Gasteiger partial charge on any atom is 0.154 e. The van der Waals surface area contributed by atoms with Gasteiger partial charge in [0, 0.05) is 23.4 Å². The van der Waals surface area contributed by atoms with E-state index in [1.165, 1.54) is 30.4 Å². The molecule has 1 fully saturated rings. The summed E-state index contributed by atoms with van der Waals surface area (Å²) in [5.41, 5.74) is 12.7. The minimum atomic E-state index is 0.155. The van der Waals surface area contributed by atoms with E-state index in [1.807, 2.05) is 49.7 Å².